The van der Waals surface area contributed by atoms with Crippen molar-refractivity contribution in [1.29, 1.82) is 0 Å². The second-order valence-electron chi connectivity index (χ2n) is 3.17. The molecular formula is C10H13ClF3NO. The summed E-state index contributed by atoms with van der Waals surface area (Å²) >= 11 is 0. The van der Waals surface area contributed by atoms with Crippen LogP contribution in [0.4, 0.5) is 13.2 Å². The third-order valence-corrected chi connectivity index (χ3v) is 2.01. The Morgan fingerprint density at radius 3 is 2.44 bits per heavy atom. The first-order valence-electron chi connectivity index (χ1n) is 4.41. The van der Waals surface area contributed by atoms with E-state index in [2.05, 4.69) is 10.3 Å². The number of alkyl halides is 3. The average molecular weight is 256 g/mol. The highest BCUT2D eigenvalue weighted by Gasteiger charge is 2.30. The number of hydroxylamine groups is 1. The van der Waals surface area contributed by atoms with Crippen LogP contribution >= 0.6 is 12.4 Å². The molecule has 1 unspecified atom stereocenters. The van der Waals surface area contributed by atoms with Crippen LogP contribution in [-0.4, -0.2) is 7.11 Å². The monoisotopic (exact) mass is 255 g/mol. The van der Waals surface area contributed by atoms with Crippen LogP contribution in [0.15, 0.2) is 24.3 Å². The van der Waals surface area contributed by atoms with Gasteiger partial charge in [-0.05, 0) is 24.6 Å². The molecule has 0 bridgehead atoms. The van der Waals surface area contributed by atoms with Gasteiger partial charge in [-0.3, -0.25) is 0 Å². The van der Waals surface area contributed by atoms with Gasteiger partial charge in [0.15, 0.2) is 0 Å². The van der Waals surface area contributed by atoms with Crippen molar-refractivity contribution in [3.8, 4) is 0 Å². The quantitative estimate of drug-likeness (QED) is 0.837. The van der Waals surface area contributed by atoms with E-state index in [1.807, 2.05) is 0 Å². The number of hydrogen-bond donors (Lipinski definition) is 1. The van der Waals surface area contributed by atoms with Crippen molar-refractivity contribution in [1.82, 2.24) is 5.48 Å². The van der Waals surface area contributed by atoms with E-state index < -0.39 is 11.7 Å². The Morgan fingerprint density at radius 2 is 1.94 bits per heavy atom. The first-order valence-corrected chi connectivity index (χ1v) is 4.41. The van der Waals surface area contributed by atoms with Gasteiger partial charge in [-0.15, -0.1) is 12.4 Å². The number of halogens is 4. The zero-order chi connectivity index (χ0) is 11.5. The summed E-state index contributed by atoms with van der Waals surface area (Å²) in [6.07, 6.45) is -4.30. The van der Waals surface area contributed by atoms with E-state index in [0.29, 0.717) is 5.56 Å². The molecule has 0 fully saturated rings. The van der Waals surface area contributed by atoms with Gasteiger partial charge in [-0.25, -0.2) is 0 Å². The van der Waals surface area contributed by atoms with Crippen LogP contribution in [0.25, 0.3) is 0 Å². The predicted molar refractivity (Wildman–Crippen MR) is 57.3 cm³/mol. The maximum Gasteiger partial charge on any atom is 0.416 e. The van der Waals surface area contributed by atoms with E-state index in [0.717, 1.165) is 12.1 Å². The maximum atomic E-state index is 12.4. The number of nitrogens with one attached hydrogen (secondary N) is 1. The summed E-state index contributed by atoms with van der Waals surface area (Å²) < 4.78 is 37.1. The van der Waals surface area contributed by atoms with Gasteiger partial charge in [-0.1, -0.05) is 12.1 Å². The molecule has 0 aliphatic heterocycles. The molecule has 2 nitrogen and oxygen atoms in total. The van der Waals surface area contributed by atoms with Gasteiger partial charge in [-0.2, -0.15) is 18.7 Å². The molecule has 1 N–H and O–H groups in total. The Balaban J connectivity index is 0.00000225. The van der Waals surface area contributed by atoms with Crippen molar-refractivity contribution in [3.63, 3.8) is 0 Å². The minimum Gasteiger partial charge on any atom is -0.305 e. The van der Waals surface area contributed by atoms with E-state index in [4.69, 9.17) is 0 Å². The molecule has 0 saturated heterocycles. The van der Waals surface area contributed by atoms with E-state index >= 15 is 0 Å². The summed E-state index contributed by atoms with van der Waals surface area (Å²) in [5.41, 5.74) is 2.46. The van der Waals surface area contributed by atoms with Crippen LogP contribution in [0.5, 0.6) is 0 Å². The van der Waals surface area contributed by atoms with Crippen molar-refractivity contribution in [2.24, 2.45) is 0 Å². The fourth-order valence-electron chi connectivity index (χ4n) is 1.23. The lowest BCUT2D eigenvalue weighted by Gasteiger charge is -2.14. The first-order chi connectivity index (χ1) is 6.95. The van der Waals surface area contributed by atoms with Crippen LogP contribution < -0.4 is 5.48 Å². The van der Waals surface area contributed by atoms with Crippen LogP contribution in [0, 0.1) is 0 Å². The van der Waals surface area contributed by atoms with Crippen molar-refractivity contribution in [2.45, 2.75) is 19.1 Å². The lowest BCUT2D eigenvalue weighted by molar-refractivity contribution is -0.137. The minimum atomic E-state index is -4.30. The molecule has 0 aliphatic rings. The molecule has 1 aromatic carbocycles. The highest BCUT2D eigenvalue weighted by Crippen LogP contribution is 2.30. The summed E-state index contributed by atoms with van der Waals surface area (Å²) in [5.74, 6) is 0. The van der Waals surface area contributed by atoms with Crippen molar-refractivity contribution >= 4 is 12.4 Å². The molecule has 0 aromatic heterocycles. The molecule has 0 amide bonds. The van der Waals surface area contributed by atoms with E-state index in [-0.39, 0.29) is 18.4 Å². The van der Waals surface area contributed by atoms with E-state index in [1.165, 1.54) is 13.2 Å². The van der Waals surface area contributed by atoms with Crippen LogP contribution in [-0.2, 0) is 11.0 Å². The average Bonchev–Trinajstić information content (AvgIpc) is 2.17. The summed E-state index contributed by atoms with van der Waals surface area (Å²) in [4.78, 5) is 4.65. The fourth-order valence-corrected chi connectivity index (χ4v) is 1.23. The number of hydrogen-bond acceptors (Lipinski definition) is 2. The summed E-state index contributed by atoms with van der Waals surface area (Å²) in [6, 6.07) is 4.87. The first kappa shape index (κ1) is 15.2. The zero-order valence-corrected chi connectivity index (χ0v) is 9.65. The molecule has 92 valence electrons. The van der Waals surface area contributed by atoms with Gasteiger partial charge in [0, 0.05) is 0 Å². The fraction of sp³-hybridized carbons (Fsp3) is 0.400. The van der Waals surface area contributed by atoms with Crippen LogP contribution in [0.1, 0.15) is 24.1 Å². The molecule has 16 heavy (non-hydrogen) atoms. The van der Waals surface area contributed by atoms with Crippen molar-refractivity contribution < 1.29 is 18.0 Å². The third kappa shape index (κ3) is 4.00. The summed E-state index contributed by atoms with van der Waals surface area (Å²) in [6.45, 7) is 1.72. The Kier molecular flexibility index (Phi) is 5.78. The van der Waals surface area contributed by atoms with Gasteiger partial charge in [0.2, 0.25) is 0 Å². The maximum absolute atomic E-state index is 12.4. The summed E-state index contributed by atoms with van der Waals surface area (Å²) in [7, 11) is 1.42. The standard InChI is InChI=1S/C10H12F3NO.ClH/c1-7(14-15-2)8-4-3-5-9(6-8)10(11,12)13;/h3-7,14H,1-2H3;1H. The smallest absolute Gasteiger partial charge is 0.305 e. The molecule has 0 aliphatic carbocycles. The molecule has 0 heterocycles. The molecule has 6 heteroatoms. The van der Waals surface area contributed by atoms with Crippen molar-refractivity contribution in [3.05, 3.63) is 35.4 Å². The molecule has 1 aromatic rings. The van der Waals surface area contributed by atoms with Gasteiger partial charge >= 0.3 is 6.18 Å². The topological polar surface area (TPSA) is 21.3 Å². The zero-order valence-electron chi connectivity index (χ0n) is 8.84. The predicted octanol–water partition coefficient (Wildman–Crippen LogP) is 3.34. The highest BCUT2D eigenvalue weighted by atomic mass is 35.5. The SMILES string of the molecule is CONC(C)c1cccc(C(F)(F)F)c1.Cl. The van der Waals surface area contributed by atoms with E-state index in [1.54, 1.807) is 13.0 Å². The van der Waals surface area contributed by atoms with E-state index in [9.17, 15) is 13.2 Å². The third-order valence-electron chi connectivity index (χ3n) is 2.01. The Morgan fingerprint density at radius 1 is 1.31 bits per heavy atom. The molecule has 0 spiro atoms. The Hall–Kier alpha value is -0.780. The number of rotatable bonds is 3. The molecule has 1 atom stereocenters. The summed E-state index contributed by atoms with van der Waals surface area (Å²) in [5, 5.41) is 0. The highest BCUT2D eigenvalue weighted by molar-refractivity contribution is 5.85. The largest absolute Gasteiger partial charge is 0.416 e. The Bertz CT molecular complexity index is 330. The van der Waals surface area contributed by atoms with Gasteiger partial charge in [0.05, 0.1) is 18.7 Å². The van der Waals surface area contributed by atoms with Gasteiger partial charge in [0.1, 0.15) is 0 Å². The van der Waals surface area contributed by atoms with Gasteiger partial charge in [0.25, 0.3) is 0 Å². The number of benzene rings is 1. The van der Waals surface area contributed by atoms with Crippen LogP contribution in [0.2, 0.25) is 0 Å². The normalized spacial score (nSPS) is 13.1. The van der Waals surface area contributed by atoms with Gasteiger partial charge < -0.3 is 4.84 Å². The molecular weight excluding hydrogens is 243 g/mol. The minimum absolute atomic E-state index is 0. The lowest BCUT2D eigenvalue weighted by Crippen LogP contribution is -2.17. The van der Waals surface area contributed by atoms with Crippen LogP contribution in [0.3, 0.4) is 0 Å². The Labute approximate surface area is 98.2 Å². The van der Waals surface area contributed by atoms with Crippen molar-refractivity contribution in [2.75, 3.05) is 7.11 Å². The second kappa shape index (κ2) is 6.08. The molecule has 1 rings (SSSR count). The molecule has 0 radical (unpaired) electrons. The second-order valence-corrected chi connectivity index (χ2v) is 3.17. The molecule has 0 saturated carbocycles. The lowest BCUT2D eigenvalue weighted by atomic mass is 10.1.